The third-order valence-corrected chi connectivity index (χ3v) is 5.89. The average molecular weight is 658 g/mol. The van der Waals surface area contributed by atoms with E-state index in [-0.39, 0.29) is 26.8 Å². The maximum Gasteiger partial charge on any atom is 0.158 e. The van der Waals surface area contributed by atoms with Gasteiger partial charge in [-0.2, -0.15) is 0 Å². The molecule has 5 aromatic rings. The minimum Gasteiger partial charge on any atom is -0.507 e. The predicted molar refractivity (Wildman–Crippen MR) is 132 cm³/mol. The largest absolute Gasteiger partial charge is 0.507 e. The van der Waals surface area contributed by atoms with Crippen LogP contribution in [0.3, 0.4) is 0 Å². The topological polar surface area (TPSA) is 84.7 Å². The molecular formula is C27H20N5OPtS-. The van der Waals surface area contributed by atoms with Crippen molar-refractivity contribution in [3.8, 4) is 39.9 Å². The van der Waals surface area contributed by atoms with Gasteiger partial charge in [0.2, 0.25) is 0 Å². The fourth-order valence-corrected chi connectivity index (χ4v) is 4.32. The van der Waals surface area contributed by atoms with Crippen LogP contribution in [0, 0.1) is 19.9 Å². The molecule has 3 aromatic heterocycles. The number of aryl methyl sites for hydroxylation is 2. The summed E-state index contributed by atoms with van der Waals surface area (Å²) in [4.78, 5) is 23.9. The van der Waals surface area contributed by atoms with E-state index in [9.17, 15) is 5.11 Å². The summed E-state index contributed by atoms with van der Waals surface area (Å²) in [5.74, 6) is 1.48. The fourth-order valence-electron chi connectivity index (χ4n) is 3.53. The van der Waals surface area contributed by atoms with E-state index in [1.54, 1.807) is 24.4 Å². The summed E-state index contributed by atoms with van der Waals surface area (Å²) in [5, 5.41) is 11.3. The number of aromatic hydroxyl groups is 1. The van der Waals surface area contributed by atoms with Gasteiger partial charge in [-0.25, -0.2) is 9.97 Å². The smallest absolute Gasteiger partial charge is 0.158 e. The Hall–Kier alpha value is -3.41. The number of hydrogen-bond donors (Lipinski definition) is 1. The molecule has 0 amide bonds. The van der Waals surface area contributed by atoms with Crippen LogP contribution in [0.5, 0.6) is 5.75 Å². The quantitative estimate of drug-likeness (QED) is 0.235. The molecule has 0 aliphatic carbocycles. The van der Waals surface area contributed by atoms with Crippen molar-refractivity contribution in [1.29, 1.82) is 0 Å². The maximum atomic E-state index is 10.5. The summed E-state index contributed by atoms with van der Waals surface area (Å²) in [5.41, 5.74) is 3.85. The van der Waals surface area contributed by atoms with E-state index in [0.29, 0.717) is 23.0 Å². The Morgan fingerprint density at radius 1 is 0.743 bits per heavy atom. The van der Waals surface area contributed by atoms with Crippen LogP contribution in [0.4, 0.5) is 0 Å². The van der Waals surface area contributed by atoms with Gasteiger partial charge in [-0.05, 0) is 50.2 Å². The number of phenolic OH excluding ortho intramolecular Hbond substituents is 1. The third-order valence-electron chi connectivity index (χ3n) is 4.98. The number of hydrogen-bond acceptors (Lipinski definition) is 7. The second-order valence-electron chi connectivity index (χ2n) is 7.66. The number of para-hydroxylation sites is 1. The average Bonchev–Trinajstić information content (AvgIpc) is 2.84. The first kappa shape index (κ1) is 24.7. The second kappa shape index (κ2) is 10.9. The molecule has 8 heteroatoms. The molecule has 0 bridgehead atoms. The molecule has 1 N–H and O–H groups in total. The molecule has 0 aliphatic rings. The molecule has 0 atom stereocenters. The number of rotatable bonds is 5. The van der Waals surface area contributed by atoms with Crippen molar-refractivity contribution in [1.82, 2.24) is 24.9 Å². The van der Waals surface area contributed by atoms with E-state index >= 15 is 0 Å². The van der Waals surface area contributed by atoms with Gasteiger partial charge >= 0.3 is 0 Å². The normalized spacial score (nSPS) is 10.6. The maximum absolute atomic E-state index is 10.5. The molecule has 6 nitrogen and oxygen atoms in total. The van der Waals surface area contributed by atoms with Gasteiger partial charge in [0.15, 0.2) is 11.6 Å². The van der Waals surface area contributed by atoms with Gasteiger partial charge < -0.3 is 5.11 Å². The Labute approximate surface area is 222 Å². The van der Waals surface area contributed by atoms with Crippen molar-refractivity contribution in [3.63, 3.8) is 0 Å². The monoisotopic (exact) mass is 657 g/mol. The van der Waals surface area contributed by atoms with Crippen molar-refractivity contribution in [2.75, 3.05) is 0 Å². The van der Waals surface area contributed by atoms with Crippen molar-refractivity contribution in [2.24, 2.45) is 0 Å². The van der Waals surface area contributed by atoms with Crippen molar-refractivity contribution in [2.45, 2.75) is 23.8 Å². The molecule has 0 aliphatic heterocycles. The van der Waals surface area contributed by atoms with Crippen LogP contribution in [-0.4, -0.2) is 30.0 Å². The first-order valence-corrected chi connectivity index (χ1v) is 11.5. The van der Waals surface area contributed by atoms with Crippen LogP contribution in [0.1, 0.15) is 11.4 Å². The van der Waals surface area contributed by atoms with Gasteiger partial charge in [0.25, 0.3) is 0 Å². The van der Waals surface area contributed by atoms with Gasteiger partial charge in [-0.1, -0.05) is 34.9 Å². The predicted octanol–water partition coefficient (Wildman–Crippen LogP) is 5.93. The van der Waals surface area contributed by atoms with E-state index in [1.165, 1.54) is 11.8 Å². The molecule has 0 radical (unpaired) electrons. The van der Waals surface area contributed by atoms with Gasteiger partial charge in [-0.3, -0.25) is 15.0 Å². The molecule has 176 valence electrons. The minimum atomic E-state index is 0. The van der Waals surface area contributed by atoms with Crippen molar-refractivity contribution in [3.05, 3.63) is 96.4 Å². The van der Waals surface area contributed by atoms with Gasteiger partial charge in [-0.15, -0.1) is 29.8 Å². The summed E-state index contributed by atoms with van der Waals surface area (Å²) in [7, 11) is 0. The Kier molecular flexibility index (Phi) is 7.69. The summed E-state index contributed by atoms with van der Waals surface area (Å²) < 4.78 is 0. The number of phenols is 1. The van der Waals surface area contributed by atoms with Crippen LogP contribution in [0.2, 0.25) is 0 Å². The third kappa shape index (κ3) is 5.81. The molecule has 0 fully saturated rings. The van der Waals surface area contributed by atoms with Crippen molar-refractivity contribution < 1.29 is 26.2 Å². The molecule has 2 aromatic carbocycles. The molecule has 0 saturated carbocycles. The SMILES string of the molecule is Cc1cc(-c2nc(-c3[c-]c(Sc4ccccn4)ccc3)nc(-c3ccccc3O)n2)cc(C)n1.[Pt]. The van der Waals surface area contributed by atoms with Gasteiger partial charge in [0, 0.05) is 44.2 Å². The Morgan fingerprint density at radius 3 is 2.20 bits per heavy atom. The minimum absolute atomic E-state index is 0. The molecular weight excluding hydrogens is 637 g/mol. The summed E-state index contributed by atoms with van der Waals surface area (Å²) in [6, 6.07) is 25.9. The van der Waals surface area contributed by atoms with Gasteiger partial charge in [0.05, 0.1) is 16.4 Å². The summed E-state index contributed by atoms with van der Waals surface area (Å²) in [6.45, 7) is 3.88. The number of pyridine rings is 2. The van der Waals surface area contributed by atoms with Crippen molar-refractivity contribution >= 4 is 11.8 Å². The molecule has 3 heterocycles. The number of nitrogens with zero attached hydrogens (tertiary/aromatic N) is 5. The van der Waals surface area contributed by atoms with E-state index < -0.39 is 0 Å². The first-order chi connectivity index (χ1) is 16.5. The van der Waals surface area contributed by atoms with E-state index in [0.717, 1.165) is 32.4 Å². The number of aromatic nitrogens is 5. The molecule has 0 spiro atoms. The summed E-state index contributed by atoms with van der Waals surface area (Å²) >= 11 is 1.52. The Balaban J connectivity index is 0.00000289. The van der Waals surface area contributed by atoms with Crippen LogP contribution in [0.25, 0.3) is 34.2 Å². The van der Waals surface area contributed by atoms with Gasteiger partial charge in [0.1, 0.15) is 5.75 Å². The zero-order valence-electron chi connectivity index (χ0n) is 18.9. The molecule has 35 heavy (non-hydrogen) atoms. The fraction of sp³-hybridized carbons (Fsp3) is 0.0741. The first-order valence-electron chi connectivity index (χ1n) is 10.7. The summed E-state index contributed by atoms with van der Waals surface area (Å²) in [6.07, 6.45) is 1.77. The Morgan fingerprint density at radius 2 is 1.46 bits per heavy atom. The molecule has 0 unspecified atom stereocenters. The zero-order valence-corrected chi connectivity index (χ0v) is 22.0. The van der Waals surface area contributed by atoms with Crippen LogP contribution in [0.15, 0.2) is 88.9 Å². The van der Waals surface area contributed by atoms with E-state index in [1.807, 2.05) is 68.4 Å². The van der Waals surface area contributed by atoms with E-state index in [4.69, 9.17) is 15.0 Å². The Bertz CT molecular complexity index is 1460. The molecule has 5 rings (SSSR count). The van der Waals surface area contributed by atoms with Crippen LogP contribution >= 0.6 is 11.8 Å². The second-order valence-corrected chi connectivity index (χ2v) is 8.72. The standard InChI is InChI=1S/C27H20N5OS.Pt/c1-17-14-20(15-18(2)29-17)26-30-25(31-27(32-26)22-10-3-4-11-23(22)33)19-8-7-9-21(16-19)34-24-12-5-6-13-28-24;/h3-15,33H,1-2H3;/q-1;. The van der Waals surface area contributed by atoms with E-state index in [2.05, 4.69) is 16.0 Å². The zero-order chi connectivity index (χ0) is 23.5. The van der Waals surface area contributed by atoms with Crippen LogP contribution in [-0.2, 0) is 21.1 Å². The molecule has 0 saturated heterocycles. The number of benzene rings is 2. The van der Waals surface area contributed by atoms with Crippen LogP contribution < -0.4 is 0 Å².